The number of piperidine rings is 1. The Bertz CT molecular complexity index is 787. The summed E-state index contributed by atoms with van der Waals surface area (Å²) in [5, 5.41) is 3.53. The van der Waals surface area contributed by atoms with Crippen molar-refractivity contribution in [2.45, 2.75) is 68.5 Å². The zero-order chi connectivity index (χ0) is 17.6. The Morgan fingerprint density at radius 1 is 1.23 bits per heavy atom. The molecule has 0 saturated carbocycles. The fourth-order valence-electron chi connectivity index (χ4n) is 4.49. The highest BCUT2D eigenvalue weighted by Gasteiger charge is 2.35. The highest BCUT2D eigenvalue weighted by molar-refractivity contribution is 7.89. The Labute approximate surface area is 161 Å². The first-order valence-corrected chi connectivity index (χ1v) is 10.6. The Kier molecular flexibility index (Phi) is 5.63. The lowest BCUT2D eigenvalue weighted by atomic mass is 10.0. The van der Waals surface area contributed by atoms with Crippen LogP contribution in [0.15, 0.2) is 23.1 Å². The Balaban J connectivity index is 0.00000196. The lowest BCUT2D eigenvalue weighted by Crippen LogP contribution is -2.47. The van der Waals surface area contributed by atoms with E-state index >= 15 is 0 Å². The number of benzene rings is 1. The summed E-state index contributed by atoms with van der Waals surface area (Å²) in [5.74, 6) is -0.0432. The van der Waals surface area contributed by atoms with E-state index in [1.54, 1.807) is 17.0 Å². The third-order valence-electron chi connectivity index (χ3n) is 5.66. The number of sulfonamides is 1. The number of amides is 1. The molecular formula is C18H26ClN3O3S. The van der Waals surface area contributed by atoms with E-state index in [4.69, 9.17) is 0 Å². The van der Waals surface area contributed by atoms with Gasteiger partial charge in [-0.25, -0.2) is 13.1 Å². The molecule has 144 valence electrons. The fourth-order valence-corrected chi connectivity index (χ4v) is 5.77. The van der Waals surface area contributed by atoms with Crippen LogP contribution in [-0.4, -0.2) is 39.0 Å². The minimum atomic E-state index is -3.58. The molecule has 1 amide bonds. The van der Waals surface area contributed by atoms with Crippen molar-refractivity contribution in [2.24, 2.45) is 0 Å². The van der Waals surface area contributed by atoms with Crippen LogP contribution in [0.5, 0.6) is 0 Å². The van der Waals surface area contributed by atoms with Crippen molar-refractivity contribution in [2.75, 3.05) is 11.4 Å². The Morgan fingerprint density at radius 3 is 2.58 bits per heavy atom. The predicted molar refractivity (Wildman–Crippen MR) is 103 cm³/mol. The number of hydrogen-bond donors (Lipinski definition) is 2. The Hall–Kier alpha value is -1.15. The van der Waals surface area contributed by atoms with Crippen molar-refractivity contribution in [3.8, 4) is 0 Å². The van der Waals surface area contributed by atoms with E-state index in [0.29, 0.717) is 18.6 Å². The van der Waals surface area contributed by atoms with Gasteiger partial charge in [-0.1, -0.05) is 6.07 Å². The van der Waals surface area contributed by atoms with Crippen LogP contribution in [0.25, 0.3) is 0 Å². The maximum absolute atomic E-state index is 12.9. The van der Waals surface area contributed by atoms with Gasteiger partial charge in [0.05, 0.1) is 4.90 Å². The molecule has 0 spiro atoms. The van der Waals surface area contributed by atoms with Crippen molar-refractivity contribution in [1.82, 2.24) is 10.0 Å². The second-order valence-electron chi connectivity index (χ2n) is 7.49. The van der Waals surface area contributed by atoms with E-state index in [0.717, 1.165) is 49.8 Å². The normalized spacial score (nSPS) is 27.6. The molecule has 6 nitrogen and oxygen atoms in total. The average molecular weight is 400 g/mol. The summed E-state index contributed by atoms with van der Waals surface area (Å²) in [6.07, 6.45) is 5.75. The molecule has 0 aliphatic carbocycles. The van der Waals surface area contributed by atoms with Crippen LogP contribution in [0.1, 0.15) is 44.6 Å². The summed E-state index contributed by atoms with van der Waals surface area (Å²) >= 11 is 0. The highest BCUT2D eigenvalue weighted by Crippen LogP contribution is 2.31. The molecule has 2 N–H and O–H groups in total. The third kappa shape index (κ3) is 3.76. The van der Waals surface area contributed by atoms with Gasteiger partial charge in [0.15, 0.2) is 0 Å². The van der Waals surface area contributed by atoms with Gasteiger partial charge in [-0.2, -0.15) is 0 Å². The van der Waals surface area contributed by atoms with Gasteiger partial charge in [-0.15, -0.1) is 12.4 Å². The van der Waals surface area contributed by atoms with Gasteiger partial charge >= 0.3 is 0 Å². The molecule has 3 heterocycles. The molecule has 26 heavy (non-hydrogen) atoms. The minimum absolute atomic E-state index is 0. The number of halogens is 1. The highest BCUT2D eigenvalue weighted by atomic mass is 35.5. The van der Waals surface area contributed by atoms with E-state index in [2.05, 4.69) is 10.0 Å². The summed E-state index contributed by atoms with van der Waals surface area (Å²) in [5.41, 5.74) is 1.78. The van der Waals surface area contributed by atoms with Gasteiger partial charge in [0.2, 0.25) is 15.9 Å². The average Bonchev–Trinajstić information content (AvgIpc) is 2.92. The molecule has 2 bridgehead atoms. The zero-order valence-electron chi connectivity index (χ0n) is 14.9. The number of hydrogen-bond acceptors (Lipinski definition) is 4. The lowest BCUT2D eigenvalue weighted by Gasteiger charge is -2.30. The van der Waals surface area contributed by atoms with Gasteiger partial charge in [0.1, 0.15) is 0 Å². The predicted octanol–water partition coefficient (Wildman–Crippen LogP) is 1.97. The number of rotatable bonds is 3. The van der Waals surface area contributed by atoms with Crippen molar-refractivity contribution in [3.63, 3.8) is 0 Å². The molecule has 1 aromatic rings. The van der Waals surface area contributed by atoms with Crippen LogP contribution >= 0.6 is 12.4 Å². The molecule has 3 aliphatic rings. The molecule has 2 unspecified atom stereocenters. The van der Waals surface area contributed by atoms with Gasteiger partial charge in [0, 0.05) is 37.3 Å². The first-order valence-electron chi connectivity index (χ1n) is 9.12. The number of nitrogens with zero attached hydrogens (tertiary/aromatic N) is 1. The third-order valence-corrected chi connectivity index (χ3v) is 7.18. The quantitative estimate of drug-likeness (QED) is 0.814. The van der Waals surface area contributed by atoms with Gasteiger partial charge < -0.3 is 10.2 Å². The number of nitrogens with one attached hydrogen (secondary N) is 2. The van der Waals surface area contributed by atoms with Crippen LogP contribution in [0.4, 0.5) is 5.69 Å². The molecule has 0 aromatic heterocycles. The summed E-state index contributed by atoms with van der Waals surface area (Å²) < 4.78 is 28.6. The maximum atomic E-state index is 12.9. The van der Waals surface area contributed by atoms with Crippen LogP contribution in [-0.2, 0) is 21.2 Å². The van der Waals surface area contributed by atoms with E-state index in [1.165, 1.54) is 6.92 Å². The van der Waals surface area contributed by atoms with Crippen molar-refractivity contribution < 1.29 is 13.2 Å². The van der Waals surface area contributed by atoms with Crippen molar-refractivity contribution >= 4 is 34.0 Å². The van der Waals surface area contributed by atoms with E-state index in [9.17, 15) is 13.2 Å². The minimum Gasteiger partial charge on any atom is -0.312 e. The molecule has 0 radical (unpaired) electrons. The SMILES string of the molecule is CC(=O)N1CCCc2ccc(S(=O)(=O)NC3CC4CCC(C3)N4)cc21.Cl. The molecule has 8 heteroatoms. The standard InChI is InChI=1S/C18H25N3O3S.ClH/c1-12(22)21-8-2-3-13-4-7-17(11-18(13)21)25(23,24)20-16-9-14-5-6-15(10-16)19-14;/h4,7,11,14-16,19-20H,2-3,5-6,8-10H2,1H3;1H. The molecule has 3 aliphatic heterocycles. The number of aryl methyl sites for hydroxylation is 1. The van der Waals surface area contributed by atoms with Crippen LogP contribution in [0.3, 0.4) is 0 Å². The molecule has 4 rings (SSSR count). The van der Waals surface area contributed by atoms with E-state index in [1.807, 2.05) is 6.07 Å². The van der Waals surface area contributed by atoms with Crippen molar-refractivity contribution in [1.29, 1.82) is 0 Å². The first-order chi connectivity index (χ1) is 11.9. The lowest BCUT2D eigenvalue weighted by molar-refractivity contribution is -0.116. The van der Waals surface area contributed by atoms with Crippen LogP contribution in [0, 0.1) is 0 Å². The molecule has 2 atom stereocenters. The molecular weight excluding hydrogens is 374 g/mol. The molecule has 2 saturated heterocycles. The second-order valence-corrected chi connectivity index (χ2v) is 9.21. The number of carbonyl (C=O) groups is 1. The number of carbonyl (C=O) groups excluding carboxylic acids is 1. The van der Waals surface area contributed by atoms with E-state index in [-0.39, 0.29) is 29.3 Å². The molecule has 1 aromatic carbocycles. The smallest absolute Gasteiger partial charge is 0.240 e. The summed E-state index contributed by atoms with van der Waals surface area (Å²) in [6, 6.07) is 6.04. The molecule has 2 fully saturated rings. The summed E-state index contributed by atoms with van der Waals surface area (Å²) in [4.78, 5) is 13.8. The Morgan fingerprint density at radius 2 is 1.92 bits per heavy atom. The second kappa shape index (κ2) is 7.46. The summed E-state index contributed by atoms with van der Waals surface area (Å²) in [6.45, 7) is 2.18. The van der Waals surface area contributed by atoms with Crippen molar-refractivity contribution in [3.05, 3.63) is 23.8 Å². The van der Waals surface area contributed by atoms with Gasteiger partial charge in [-0.3, -0.25) is 4.79 Å². The number of anilines is 1. The summed E-state index contributed by atoms with van der Waals surface area (Å²) in [7, 11) is -3.58. The maximum Gasteiger partial charge on any atom is 0.240 e. The zero-order valence-corrected chi connectivity index (χ0v) is 16.5. The topological polar surface area (TPSA) is 78.5 Å². The largest absolute Gasteiger partial charge is 0.312 e. The van der Waals surface area contributed by atoms with Crippen LogP contribution in [0.2, 0.25) is 0 Å². The van der Waals surface area contributed by atoms with Gasteiger partial charge in [-0.05, 0) is 56.2 Å². The number of fused-ring (bicyclic) bond motifs is 3. The van der Waals surface area contributed by atoms with E-state index < -0.39 is 10.0 Å². The van der Waals surface area contributed by atoms with Crippen LogP contribution < -0.4 is 14.9 Å². The van der Waals surface area contributed by atoms with Gasteiger partial charge in [0.25, 0.3) is 0 Å². The first kappa shape index (κ1) is 19.6. The fraction of sp³-hybridized carbons (Fsp3) is 0.611. The monoisotopic (exact) mass is 399 g/mol.